The van der Waals surface area contributed by atoms with Crippen molar-refractivity contribution in [2.24, 2.45) is 11.3 Å². The number of benzene rings is 2. The molecule has 12 nitrogen and oxygen atoms in total. The second-order valence-corrected chi connectivity index (χ2v) is 16.2. The molecule has 1 saturated heterocycles. The number of halogens is 1. The number of sulfonamides is 1. The van der Waals surface area contributed by atoms with Gasteiger partial charge in [0.25, 0.3) is 10.0 Å². The van der Waals surface area contributed by atoms with Gasteiger partial charge in [0.15, 0.2) is 5.03 Å². The van der Waals surface area contributed by atoms with Crippen molar-refractivity contribution >= 4 is 33.4 Å². The Morgan fingerprint density at radius 2 is 1.86 bits per heavy atom. The summed E-state index contributed by atoms with van der Waals surface area (Å²) >= 11 is 0. The summed E-state index contributed by atoms with van der Waals surface area (Å²) in [4.78, 5) is 44.8. The third kappa shape index (κ3) is 6.82. The van der Waals surface area contributed by atoms with E-state index < -0.39 is 56.6 Å². The van der Waals surface area contributed by atoms with E-state index in [4.69, 9.17) is 0 Å². The first kappa shape index (κ1) is 34.3. The molecule has 1 spiro atoms. The zero-order valence-electron chi connectivity index (χ0n) is 27.9. The third-order valence-electron chi connectivity index (χ3n) is 9.61. The number of nitriles is 1. The molecule has 2 aromatic carbocycles. The minimum Gasteiger partial charge on any atom is -0.332 e. The second kappa shape index (κ2) is 12.7. The molecule has 2 fully saturated rings. The van der Waals surface area contributed by atoms with Gasteiger partial charge in [-0.05, 0) is 66.1 Å². The number of carbonyl (C=O) groups is 3. The summed E-state index contributed by atoms with van der Waals surface area (Å²) in [5.41, 5.74) is 0.297. The van der Waals surface area contributed by atoms with Crippen LogP contribution in [0.4, 0.5) is 10.1 Å². The highest BCUT2D eigenvalue weighted by atomic mass is 32.2. The molecular weight excluding hydrogens is 649 g/mol. The van der Waals surface area contributed by atoms with Crippen LogP contribution in [0.3, 0.4) is 0 Å². The molecule has 3 amide bonds. The van der Waals surface area contributed by atoms with E-state index >= 15 is 0 Å². The van der Waals surface area contributed by atoms with Crippen molar-refractivity contribution in [3.05, 3.63) is 72.2 Å². The first-order valence-electron chi connectivity index (χ1n) is 16.3. The van der Waals surface area contributed by atoms with E-state index in [1.54, 1.807) is 12.1 Å². The van der Waals surface area contributed by atoms with Crippen molar-refractivity contribution in [1.82, 2.24) is 24.3 Å². The lowest BCUT2D eigenvalue weighted by Crippen LogP contribution is -2.56. The van der Waals surface area contributed by atoms with Gasteiger partial charge in [0, 0.05) is 31.9 Å². The standard InChI is InChI=1S/C35H40FN7O5S/c1-34(2,3)19-29(32(45)42-21-35(18-25(42)20-37)26-7-5-6-8-27(26)38-33(35)46)41(4)31(44)28(17-22-9-10-22)40-49(47,48)30-15-16-43(39-30)24-13-11-23(36)12-14-24/h5-8,11-16,22,25,28-29,40H,9-10,17-19,21H2,1-4H3,(H,38,46)/t25-,28-,29-,35-/m0/s1. The number of carbonyl (C=O) groups excluding carboxylic acids is 3. The van der Waals surface area contributed by atoms with E-state index in [0.717, 1.165) is 18.4 Å². The van der Waals surface area contributed by atoms with E-state index in [1.807, 2.05) is 32.9 Å². The van der Waals surface area contributed by atoms with Crippen LogP contribution < -0.4 is 10.0 Å². The van der Waals surface area contributed by atoms with Gasteiger partial charge in [-0.3, -0.25) is 14.4 Å². The van der Waals surface area contributed by atoms with E-state index in [-0.39, 0.29) is 42.7 Å². The summed E-state index contributed by atoms with van der Waals surface area (Å²) in [5.74, 6) is -1.64. The molecule has 258 valence electrons. The number of rotatable bonds is 10. The lowest BCUT2D eigenvalue weighted by Gasteiger charge is -2.37. The number of amides is 3. The Kier molecular flexibility index (Phi) is 8.87. The molecule has 0 radical (unpaired) electrons. The van der Waals surface area contributed by atoms with Crippen LogP contribution in [0.5, 0.6) is 0 Å². The van der Waals surface area contributed by atoms with E-state index in [1.165, 1.54) is 58.1 Å². The molecule has 1 aliphatic carbocycles. The van der Waals surface area contributed by atoms with Crippen molar-refractivity contribution in [3.8, 4) is 11.8 Å². The molecule has 2 aliphatic heterocycles. The number of nitrogens with zero attached hydrogens (tertiary/aromatic N) is 5. The van der Waals surface area contributed by atoms with Gasteiger partial charge in [-0.15, -0.1) is 0 Å². The Labute approximate surface area is 285 Å². The highest BCUT2D eigenvalue weighted by molar-refractivity contribution is 7.89. The van der Waals surface area contributed by atoms with Gasteiger partial charge >= 0.3 is 0 Å². The summed E-state index contributed by atoms with van der Waals surface area (Å²) < 4.78 is 44.5. The van der Waals surface area contributed by atoms with Crippen molar-refractivity contribution in [3.63, 3.8) is 0 Å². The SMILES string of the molecule is CN(C(=O)[C@H](CC1CC1)NS(=O)(=O)c1ccn(-c2ccc(F)cc2)n1)[C@@H](CC(C)(C)C)C(=O)N1C[C@]2(C[C@H]1C#N)C(=O)Nc1ccccc12. The molecule has 4 atom stereocenters. The summed E-state index contributed by atoms with van der Waals surface area (Å²) in [7, 11) is -2.81. The van der Waals surface area contributed by atoms with Crippen LogP contribution in [0, 0.1) is 28.5 Å². The molecule has 3 aliphatic rings. The van der Waals surface area contributed by atoms with Gasteiger partial charge in [-0.1, -0.05) is 51.8 Å². The molecule has 49 heavy (non-hydrogen) atoms. The number of likely N-dealkylation sites (N-methyl/N-ethyl adjacent to an activating group) is 1. The van der Waals surface area contributed by atoms with Crippen molar-refractivity contribution in [1.29, 1.82) is 5.26 Å². The number of hydrogen-bond acceptors (Lipinski definition) is 7. The average Bonchev–Trinajstić information content (AvgIpc) is 3.46. The number of aromatic nitrogens is 2. The molecule has 1 aromatic heterocycles. The minimum absolute atomic E-state index is 0.0234. The van der Waals surface area contributed by atoms with Gasteiger partial charge in [0.2, 0.25) is 17.7 Å². The Balaban J connectivity index is 1.26. The number of para-hydroxylation sites is 1. The molecule has 0 bridgehead atoms. The molecular formula is C35H40FN7O5S. The third-order valence-corrected chi connectivity index (χ3v) is 11.0. The van der Waals surface area contributed by atoms with Crippen LogP contribution in [0.2, 0.25) is 0 Å². The minimum atomic E-state index is -4.30. The van der Waals surface area contributed by atoms with Crippen LogP contribution in [0.1, 0.15) is 58.4 Å². The number of anilines is 1. The maximum atomic E-state index is 14.5. The Hall–Kier alpha value is -4.61. The molecule has 3 heterocycles. The lowest BCUT2D eigenvalue weighted by molar-refractivity contribution is -0.147. The zero-order chi connectivity index (χ0) is 35.3. The topological polar surface area (TPSA) is 158 Å². The van der Waals surface area contributed by atoms with E-state index in [2.05, 4.69) is 21.2 Å². The Morgan fingerprint density at radius 3 is 2.51 bits per heavy atom. The summed E-state index contributed by atoms with van der Waals surface area (Å²) in [6.07, 6.45) is 3.71. The number of fused-ring (bicyclic) bond motifs is 2. The largest absolute Gasteiger partial charge is 0.332 e. The number of nitrogens with one attached hydrogen (secondary N) is 2. The fourth-order valence-corrected chi connectivity index (χ4v) is 8.00. The molecule has 1 saturated carbocycles. The second-order valence-electron chi connectivity index (χ2n) is 14.6. The van der Waals surface area contributed by atoms with Gasteiger partial charge in [-0.2, -0.15) is 15.1 Å². The van der Waals surface area contributed by atoms with Gasteiger partial charge < -0.3 is 15.1 Å². The summed E-state index contributed by atoms with van der Waals surface area (Å²) in [5, 5.41) is 16.9. The lowest BCUT2D eigenvalue weighted by atomic mass is 9.80. The normalized spacial score (nSPS) is 21.6. The van der Waals surface area contributed by atoms with E-state index in [9.17, 15) is 32.5 Å². The Bertz CT molecular complexity index is 1930. The van der Waals surface area contributed by atoms with Crippen molar-refractivity contribution < 1.29 is 27.2 Å². The average molecular weight is 690 g/mol. The van der Waals surface area contributed by atoms with Gasteiger partial charge in [0.05, 0.1) is 17.2 Å². The Morgan fingerprint density at radius 1 is 1.16 bits per heavy atom. The van der Waals surface area contributed by atoms with Crippen LogP contribution in [0.15, 0.2) is 65.8 Å². The monoisotopic (exact) mass is 689 g/mol. The van der Waals surface area contributed by atoms with Gasteiger partial charge in [0.1, 0.15) is 23.9 Å². The number of likely N-dealkylation sites (tertiary alicyclic amines) is 1. The van der Waals surface area contributed by atoms with Crippen molar-refractivity contribution in [2.75, 3.05) is 18.9 Å². The number of hydrogen-bond donors (Lipinski definition) is 2. The first-order valence-corrected chi connectivity index (χ1v) is 17.8. The smallest absolute Gasteiger partial charge is 0.260 e. The fourth-order valence-electron chi connectivity index (χ4n) is 6.87. The molecule has 14 heteroatoms. The molecule has 6 rings (SSSR count). The molecule has 2 N–H and O–H groups in total. The van der Waals surface area contributed by atoms with Crippen LogP contribution in [-0.4, -0.2) is 77.4 Å². The predicted molar refractivity (Wildman–Crippen MR) is 178 cm³/mol. The fraction of sp³-hybridized carbons (Fsp3) is 0.457. The quantitative estimate of drug-likeness (QED) is 0.328. The highest BCUT2D eigenvalue weighted by Crippen LogP contribution is 2.46. The van der Waals surface area contributed by atoms with Crippen molar-refractivity contribution in [2.45, 2.75) is 81.4 Å². The molecule has 0 unspecified atom stereocenters. The zero-order valence-corrected chi connectivity index (χ0v) is 28.7. The maximum absolute atomic E-state index is 14.5. The van der Waals surface area contributed by atoms with Gasteiger partial charge in [-0.25, -0.2) is 17.5 Å². The summed E-state index contributed by atoms with van der Waals surface area (Å²) in [6, 6.07) is 13.0. The highest BCUT2D eigenvalue weighted by Gasteiger charge is 2.57. The van der Waals surface area contributed by atoms with Crippen LogP contribution >= 0.6 is 0 Å². The van der Waals surface area contributed by atoms with Crippen LogP contribution in [0.25, 0.3) is 5.69 Å². The maximum Gasteiger partial charge on any atom is 0.260 e. The first-order chi connectivity index (χ1) is 23.1. The van der Waals surface area contributed by atoms with Crippen LogP contribution in [-0.2, 0) is 29.8 Å². The molecule has 3 aromatic rings. The summed E-state index contributed by atoms with van der Waals surface area (Å²) in [6.45, 7) is 5.77. The predicted octanol–water partition coefficient (Wildman–Crippen LogP) is 3.74. The van der Waals surface area contributed by atoms with E-state index in [0.29, 0.717) is 11.4 Å².